The zero-order valence-corrected chi connectivity index (χ0v) is 9.72. The van der Waals surface area contributed by atoms with Gasteiger partial charge in [-0.1, -0.05) is 29.8 Å². The Hall–Kier alpha value is -2.18. The van der Waals surface area contributed by atoms with Gasteiger partial charge in [0.1, 0.15) is 0 Å². The van der Waals surface area contributed by atoms with Gasteiger partial charge in [0.2, 0.25) is 0 Å². The van der Waals surface area contributed by atoms with E-state index in [-0.39, 0.29) is 0 Å². The lowest BCUT2D eigenvalue weighted by Gasteiger charge is -2.17. The average molecular weight is 244 g/mol. The van der Waals surface area contributed by atoms with E-state index in [0.29, 0.717) is 16.4 Å². The lowest BCUT2D eigenvalue weighted by Crippen LogP contribution is -2.09. The number of nitrogens with two attached hydrogens (primary N) is 1. The predicted octanol–water partition coefficient (Wildman–Crippen LogP) is 3.54. The van der Waals surface area contributed by atoms with Gasteiger partial charge in [-0.3, -0.25) is 0 Å². The molecule has 0 bridgehead atoms. The molecule has 2 aromatic carbocycles. The van der Waals surface area contributed by atoms with Gasteiger partial charge in [-0.2, -0.15) is 5.26 Å². The minimum absolute atomic E-state index is 0.454. The third-order valence-electron chi connectivity index (χ3n) is 2.33. The highest BCUT2D eigenvalue weighted by atomic mass is 35.5. The summed E-state index contributed by atoms with van der Waals surface area (Å²) >= 11 is 6.08. The summed E-state index contributed by atoms with van der Waals surface area (Å²) in [6.07, 6.45) is 2.10. The monoisotopic (exact) mass is 243 g/mol. The smallest absolute Gasteiger partial charge is 0.189 e. The maximum Gasteiger partial charge on any atom is 0.189 e. The molecule has 0 aromatic heterocycles. The Labute approximate surface area is 105 Å². The number of anilines is 3. The van der Waals surface area contributed by atoms with Crippen molar-refractivity contribution in [2.75, 3.05) is 10.6 Å². The topological polar surface area (TPSA) is 53.0 Å². The van der Waals surface area contributed by atoms with E-state index in [2.05, 4.69) is 6.19 Å². The van der Waals surface area contributed by atoms with E-state index in [1.807, 2.05) is 30.3 Å². The Morgan fingerprint density at radius 3 is 2.41 bits per heavy atom. The average Bonchev–Trinajstić information content (AvgIpc) is 2.34. The number of para-hydroxylation sites is 1. The molecule has 0 amide bonds. The lowest BCUT2D eigenvalue weighted by molar-refractivity contribution is 1.27. The van der Waals surface area contributed by atoms with Gasteiger partial charge in [0.25, 0.3) is 0 Å². The van der Waals surface area contributed by atoms with Crippen LogP contribution in [-0.2, 0) is 0 Å². The van der Waals surface area contributed by atoms with E-state index in [9.17, 15) is 5.26 Å². The summed E-state index contributed by atoms with van der Waals surface area (Å²) in [6, 6.07) is 14.4. The molecule has 0 aliphatic rings. The van der Waals surface area contributed by atoms with Crippen molar-refractivity contribution in [3.63, 3.8) is 0 Å². The van der Waals surface area contributed by atoms with Crippen molar-refractivity contribution in [1.29, 1.82) is 5.26 Å². The first kappa shape index (κ1) is 11.3. The van der Waals surface area contributed by atoms with Gasteiger partial charge in [-0.15, -0.1) is 0 Å². The second-order valence-electron chi connectivity index (χ2n) is 3.48. The zero-order valence-electron chi connectivity index (χ0n) is 8.97. The first-order valence-corrected chi connectivity index (χ1v) is 5.40. The fraction of sp³-hybridized carbons (Fsp3) is 0. The van der Waals surface area contributed by atoms with Gasteiger partial charge in [-0.25, -0.2) is 4.90 Å². The van der Waals surface area contributed by atoms with Crippen molar-refractivity contribution in [3.8, 4) is 6.19 Å². The number of hydrogen-bond acceptors (Lipinski definition) is 3. The van der Waals surface area contributed by atoms with Crippen molar-refractivity contribution in [3.05, 3.63) is 53.6 Å². The van der Waals surface area contributed by atoms with E-state index in [4.69, 9.17) is 17.3 Å². The third-order valence-corrected chi connectivity index (χ3v) is 2.63. The molecule has 4 heteroatoms. The third kappa shape index (κ3) is 2.32. The van der Waals surface area contributed by atoms with E-state index in [1.165, 1.54) is 4.90 Å². The second kappa shape index (κ2) is 4.77. The minimum Gasteiger partial charge on any atom is -0.399 e. The van der Waals surface area contributed by atoms with Crippen LogP contribution in [0.15, 0.2) is 48.5 Å². The Morgan fingerprint density at radius 2 is 1.82 bits per heavy atom. The molecular formula is C13H10ClN3. The van der Waals surface area contributed by atoms with Crippen LogP contribution in [0.5, 0.6) is 0 Å². The van der Waals surface area contributed by atoms with Crippen LogP contribution in [0, 0.1) is 11.5 Å². The van der Waals surface area contributed by atoms with Crippen molar-refractivity contribution in [1.82, 2.24) is 0 Å². The molecule has 3 nitrogen and oxygen atoms in total. The number of benzene rings is 2. The first-order chi connectivity index (χ1) is 8.22. The van der Waals surface area contributed by atoms with Crippen LogP contribution in [0.1, 0.15) is 0 Å². The van der Waals surface area contributed by atoms with E-state index >= 15 is 0 Å². The number of nitrogen functional groups attached to an aromatic ring is 1. The Kier molecular flexibility index (Phi) is 3.17. The summed E-state index contributed by atoms with van der Waals surface area (Å²) in [5, 5.41) is 9.67. The fourth-order valence-corrected chi connectivity index (χ4v) is 1.81. The van der Waals surface area contributed by atoms with Gasteiger partial charge in [-0.05, 0) is 30.3 Å². The molecule has 2 rings (SSSR count). The predicted molar refractivity (Wildman–Crippen MR) is 70.1 cm³/mol. The Bertz CT molecular complexity index is 561. The molecule has 0 unspecified atom stereocenters. The Balaban J connectivity index is 2.47. The van der Waals surface area contributed by atoms with Gasteiger partial charge >= 0.3 is 0 Å². The largest absolute Gasteiger partial charge is 0.399 e. The van der Waals surface area contributed by atoms with Crippen molar-refractivity contribution in [2.45, 2.75) is 0 Å². The molecule has 0 atom stereocenters. The highest BCUT2D eigenvalue weighted by Gasteiger charge is 2.11. The van der Waals surface area contributed by atoms with Gasteiger partial charge in [0.15, 0.2) is 6.19 Å². The van der Waals surface area contributed by atoms with Crippen LogP contribution in [0.25, 0.3) is 0 Å². The maximum atomic E-state index is 9.21. The van der Waals surface area contributed by atoms with Gasteiger partial charge in [0, 0.05) is 5.69 Å². The molecule has 0 radical (unpaired) electrons. The molecule has 0 aliphatic heterocycles. The normalized spacial score (nSPS) is 9.65. The van der Waals surface area contributed by atoms with Crippen LogP contribution in [0.2, 0.25) is 5.02 Å². The summed E-state index contributed by atoms with van der Waals surface area (Å²) in [5.74, 6) is 0. The fourth-order valence-electron chi connectivity index (χ4n) is 1.53. The number of nitrogens with zero attached hydrogens (tertiary/aromatic N) is 2. The summed E-state index contributed by atoms with van der Waals surface area (Å²) in [4.78, 5) is 1.46. The summed E-state index contributed by atoms with van der Waals surface area (Å²) < 4.78 is 0. The minimum atomic E-state index is 0.454. The molecule has 0 aliphatic carbocycles. The van der Waals surface area contributed by atoms with Crippen molar-refractivity contribution >= 4 is 28.7 Å². The summed E-state index contributed by atoms with van der Waals surface area (Å²) in [7, 11) is 0. The molecule has 0 fully saturated rings. The molecule has 0 saturated heterocycles. The van der Waals surface area contributed by atoms with Crippen LogP contribution < -0.4 is 10.6 Å². The van der Waals surface area contributed by atoms with E-state index < -0.39 is 0 Å². The number of hydrogen-bond donors (Lipinski definition) is 1. The Morgan fingerprint density at radius 1 is 1.12 bits per heavy atom. The highest BCUT2D eigenvalue weighted by Crippen LogP contribution is 2.32. The van der Waals surface area contributed by atoms with Crippen LogP contribution in [0.4, 0.5) is 17.1 Å². The second-order valence-corrected chi connectivity index (χ2v) is 3.89. The molecule has 0 heterocycles. The van der Waals surface area contributed by atoms with Crippen molar-refractivity contribution < 1.29 is 0 Å². The zero-order chi connectivity index (χ0) is 12.3. The molecule has 2 N–H and O–H groups in total. The standard InChI is InChI=1S/C13H10ClN3/c14-12-8-10(16)6-7-13(12)17(9-15)11-4-2-1-3-5-11/h1-8H,16H2. The molecule has 84 valence electrons. The molecule has 2 aromatic rings. The maximum absolute atomic E-state index is 9.21. The van der Waals surface area contributed by atoms with Crippen LogP contribution >= 0.6 is 11.6 Å². The quantitative estimate of drug-likeness (QED) is 0.499. The molecular weight excluding hydrogens is 234 g/mol. The lowest BCUT2D eigenvalue weighted by atomic mass is 10.2. The molecule has 0 saturated carbocycles. The SMILES string of the molecule is N#CN(c1ccccc1)c1ccc(N)cc1Cl. The van der Waals surface area contributed by atoms with Gasteiger partial charge in [0.05, 0.1) is 16.4 Å². The number of halogens is 1. The molecule has 0 spiro atoms. The summed E-state index contributed by atoms with van der Waals surface area (Å²) in [6.45, 7) is 0. The first-order valence-electron chi connectivity index (χ1n) is 5.02. The van der Waals surface area contributed by atoms with Crippen LogP contribution in [-0.4, -0.2) is 0 Å². The highest BCUT2D eigenvalue weighted by molar-refractivity contribution is 6.33. The van der Waals surface area contributed by atoms with Crippen LogP contribution in [0.3, 0.4) is 0 Å². The molecule has 17 heavy (non-hydrogen) atoms. The van der Waals surface area contributed by atoms with Gasteiger partial charge < -0.3 is 5.73 Å². The number of rotatable bonds is 2. The van der Waals surface area contributed by atoms with E-state index in [1.54, 1.807) is 18.2 Å². The van der Waals surface area contributed by atoms with Crippen molar-refractivity contribution in [2.24, 2.45) is 0 Å². The van der Waals surface area contributed by atoms with E-state index in [0.717, 1.165) is 5.69 Å². The summed E-state index contributed by atoms with van der Waals surface area (Å²) in [5.41, 5.74) is 7.58. The number of nitriles is 1.